The van der Waals surface area contributed by atoms with Gasteiger partial charge in [0.15, 0.2) is 11.0 Å². The van der Waals surface area contributed by atoms with Crippen LogP contribution in [0.2, 0.25) is 0 Å². The van der Waals surface area contributed by atoms with E-state index >= 15 is 0 Å². The van der Waals surface area contributed by atoms with Crippen LogP contribution in [-0.2, 0) is 28.4 Å². The number of nitrogens with two attached hydrogens (primary N) is 1. The number of H-pyrrole nitrogens is 1. The average Bonchev–Trinajstić information content (AvgIpc) is 3.15. The molecule has 0 aliphatic heterocycles. The second kappa shape index (κ2) is 8.74. The van der Waals surface area contributed by atoms with Gasteiger partial charge in [0.25, 0.3) is 5.91 Å². The van der Waals surface area contributed by atoms with Crippen LogP contribution in [0.25, 0.3) is 10.9 Å². The molecule has 1 amide bonds. The van der Waals surface area contributed by atoms with Gasteiger partial charge in [-0.15, -0.1) is 0 Å². The van der Waals surface area contributed by atoms with Gasteiger partial charge >= 0.3 is 0 Å². The second-order valence-corrected chi connectivity index (χ2v) is 8.92. The highest BCUT2D eigenvalue weighted by Crippen LogP contribution is 2.20. The maximum absolute atomic E-state index is 12.6. The van der Waals surface area contributed by atoms with Gasteiger partial charge in [0.1, 0.15) is 11.0 Å². The van der Waals surface area contributed by atoms with Crippen molar-refractivity contribution in [2.75, 3.05) is 0 Å². The molecule has 0 saturated carbocycles. The van der Waals surface area contributed by atoms with Gasteiger partial charge in [-0.05, 0) is 42.0 Å². The van der Waals surface area contributed by atoms with Crippen LogP contribution in [0.15, 0.2) is 88.7 Å². The summed E-state index contributed by atoms with van der Waals surface area (Å²) in [5.41, 5.74) is 3.53. The molecule has 0 aliphatic carbocycles. The third-order valence-electron chi connectivity index (χ3n) is 4.63. The summed E-state index contributed by atoms with van der Waals surface area (Å²) in [6.07, 6.45) is 0.758. The first kappa shape index (κ1) is 20.2. The van der Waals surface area contributed by atoms with E-state index in [1.165, 1.54) is 17.7 Å². The fourth-order valence-corrected chi connectivity index (χ4v) is 5.01. The van der Waals surface area contributed by atoms with Gasteiger partial charge in [-0.25, -0.2) is 13.6 Å². The van der Waals surface area contributed by atoms with Crippen molar-refractivity contribution in [2.45, 2.75) is 16.2 Å². The SMILES string of the molecule is NS(=O)c1ccccc1S(=O)NC(=O)c1ccc2[nH]c(Cc3ccccc3)cc2c1. The molecule has 0 fully saturated rings. The minimum Gasteiger partial charge on any atom is -0.358 e. The topological polar surface area (TPSA) is 105 Å². The predicted octanol–water partition coefficient (Wildman–Crippen LogP) is 3.19. The number of amides is 1. The maximum atomic E-state index is 12.6. The average molecular weight is 438 g/mol. The molecule has 30 heavy (non-hydrogen) atoms. The van der Waals surface area contributed by atoms with E-state index in [-0.39, 0.29) is 9.79 Å². The molecule has 1 heterocycles. The Bertz CT molecular complexity index is 1270. The Balaban J connectivity index is 1.54. The van der Waals surface area contributed by atoms with Gasteiger partial charge in [0, 0.05) is 28.6 Å². The highest BCUT2D eigenvalue weighted by Gasteiger charge is 2.16. The first-order valence-corrected chi connectivity index (χ1v) is 11.5. The maximum Gasteiger partial charge on any atom is 0.263 e. The molecule has 2 atom stereocenters. The number of benzene rings is 3. The molecule has 1 aromatic heterocycles. The Labute approximate surface area is 178 Å². The molecular weight excluding hydrogens is 418 g/mol. The van der Waals surface area contributed by atoms with Gasteiger partial charge in [-0.3, -0.25) is 9.52 Å². The van der Waals surface area contributed by atoms with E-state index in [0.717, 1.165) is 23.0 Å². The molecule has 2 unspecified atom stereocenters. The molecule has 4 N–H and O–H groups in total. The van der Waals surface area contributed by atoms with E-state index in [4.69, 9.17) is 5.14 Å². The van der Waals surface area contributed by atoms with Gasteiger partial charge < -0.3 is 4.98 Å². The van der Waals surface area contributed by atoms with Crippen molar-refractivity contribution in [1.29, 1.82) is 0 Å². The molecular formula is C22H19N3O3S2. The van der Waals surface area contributed by atoms with Gasteiger partial charge in [-0.1, -0.05) is 42.5 Å². The lowest BCUT2D eigenvalue weighted by atomic mass is 10.1. The minimum absolute atomic E-state index is 0.222. The molecule has 4 aromatic rings. The number of carbonyl (C=O) groups excluding carboxylic acids is 1. The number of aromatic nitrogens is 1. The third-order valence-corrected chi connectivity index (χ3v) is 6.67. The Morgan fingerprint density at radius 1 is 0.900 bits per heavy atom. The van der Waals surface area contributed by atoms with Crippen molar-refractivity contribution in [3.63, 3.8) is 0 Å². The first-order chi connectivity index (χ1) is 14.5. The Morgan fingerprint density at radius 2 is 1.60 bits per heavy atom. The largest absolute Gasteiger partial charge is 0.358 e. The number of hydrogen-bond acceptors (Lipinski definition) is 3. The van der Waals surface area contributed by atoms with Crippen LogP contribution >= 0.6 is 0 Å². The number of carbonyl (C=O) groups is 1. The third kappa shape index (κ3) is 4.40. The van der Waals surface area contributed by atoms with Crippen molar-refractivity contribution >= 4 is 38.8 Å². The molecule has 0 radical (unpaired) electrons. The lowest BCUT2D eigenvalue weighted by Crippen LogP contribution is -2.26. The van der Waals surface area contributed by atoms with E-state index in [9.17, 15) is 13.2 Å². The predicted molar refractivity (Wildman–Crippen MR) is 118 cm³/mol. The summed E-state index contributed by atoms with van der Waals surface area (Å²) < 4.78 is 26.7. The summed E-state index contributed by atoms with van der Waals surface area (Å²) in [6.45, 7) is 0. The van der Waals surface area contributed by atoms with Crippen molar-refractivity contribution in [1.82, 2.24) is 9.71 Å². The quantitative estimate of drug-likeness (QED) is 0.431. The van der Waals surface area contributed by atoms with Crippen LogP contribution in [0, 0.1) is 0 Å². The number of hydrogen-bond donors (Lipinski definition) is 3. The number of aromatic amines is 1. The van der Waals surface area contributed by atoms with E-state index in [2.05, 4.69) is 21.8 Å². The zero-order chi connectivity index (χ0) is 21.1. The molecule has 0 bridgehead atoms. The summed E-state index contributed by atoms with van der Waals surface area (Å²) in [7, 11) is -3.68. The lowest BCUT2D eigenvalue weighted by Gasteiger charge is -2.08. The minimum atomic E-state index is -1.88. The Kier molecular flexibility index (Phi) is 5.89. The van der Waals surface area contributed by atoms with Gasteiger partial charge in [0.2, 0.25) is 0 Å². The fraction of sp³-hybridized carbons (Fsp3) is 0.0455. The monoisotopic (exact) mass is 437 g/mol. The van der Waals surface area contributed by atoms with E-state index in [0.29, 0.717) is 5.56 Å². The zero-order valence-corrected chi connectivity index (χ0v) is 17.5. The number of rotatable bonds is 6. The number of nitrogens with one attached hydrogen (secondary N) is 2. The molecule has 6 nitrogen and oxygen atoms in total. The van der Waals surface area contributed by atoms with Crippen molar-refractivity contribution in [3.05, 3.63) is 95.7 Å². The molecule has 0 aliphatic rings. The highest BCUT2D eigenvalue weighted by atomic mass is 32.2. The van der Waals surface area contributed by atoms with Crippen molar-refractivity contribution in [3.8, 4) is 0 Å². The fourth-order valence-electron chi connectivity index (χ4n) is 3.21. The summed E-state index contributed by atoms with van der Waals surface area (Å²) in [6, 6.07) is 23.7. The van der Waals surface area contributed by atoms with Crippen molar-refractivity contribution < 1.29 is 13.2 Å². The standard InChI is InChI=1S/C22H19N3O3S2/c23-29(27)20-8-4-5-9-21(20)30(28)25-22(26)16-10-11-19-17(13-16)14-18(24-19)12-15-6-2-1-3-7-15/h1-11,13-14,24H,12,23H2,(H,25,26). The van der Waals surface area contributed by atoms with Gasteiger partial charge in [0.05, 0.1) is 9.79 Å². The lowest BCUT2D eigenvalue weighted by molar-refractivity contribution is 0.0983. The van der Waals surface area contributed by atoms with Crippen LogP contribution in [0.5, 0.6) is 0 Å². The molecule has 4 rings (SSSR count). The van der Waals surface area contributed by atoms with Crippen LogP contribution in [0.1, 0.15) is 21.6 Å². The normalized spacial score (nSPS) is 13.1. The summed E-state index contributed by atoms with van der Waals surface area (Å²) in [4.78, 5) is 16.4. The number of fused-ring (bicyclic) bond motifs is 1. The smallest absolute Gasteiger partial charge is 0.263 e. The van der Waals surface area contributed by atoms with Crippen LogP contribution in [0.4, 0.5) is 0 Å². The van der Waals surface area contributed by atoms with E-state index in [1.807, 2.05) is 30.3 Å². The first-order valence-electron chi connectivity index (χ1n) is 9.15. The second-order valence-electron chi connectivity index (χ2n) is 6.70. The van der Waals surface area contributed by atoms with Crippen LogP contribution in [-0.4, -0.2) is 19.3 Å². The molecule has 3 aromatic carbocycles. The molecule has 0 saturated heterocycles. The molecule has 0 spiro atoms. The Morgan fingerprint density at radius 3 is 2.33 bits per heavy atom. The summed E-state index contributed by atoms with van der Waals surface area (Å²) in [5, 5.41) is 6.33. The van der Waals surface area contributed by atoms with Gasteiger partial charge in [-0.2, -0.15) is 0 Å². The van der Waals surface area contributed by atoms with Crippen LogP contribution in [0.3, 0.4) is 0 Å². The zero-order valence-electron chi connectivity index (χ0n) is 15.8. The molecule has 152 valence electrons. The van der Waals surface area contributed by atoms with Crippen LogP contribution < -0.4 is 9.86 Å². The van der Waals surface area contributed by atoms with E-state index in [1.54, 1.807) is 24.3 Å². The Hall–Kier alpha value is -3.07. The van der Waals surface area contributed by atoms with Crippen molar-refractivity contribution in [2.24, 2.45) is 5.14 Å². The summed E-state index contributed by atoms with van der Waals surface area (Å²) in [5.74, 6) is -0.487. The molecule has 8 heteroatoms. The summed E-state index contributed by atoms with van der Waals surface area (Å²) >= 11 is 0. The highest BCUT2D eigenvalue weighted by molar-refractivity contribution is 7.86. The van der Waals surface area contributed by atoms with E-state index < -0.39 is 27.9 Å².